The summed E-state index contributed by atoms with van der Waals surface area (Å²) in [6, 6.07) is 9.52. The number of hydrogen-bond donors (Lipinski definition) is 1. The van der Waals surface area contributed by atoms with Crippen molar-refractivity contribution in [2.75, 3.05) is 14.1 Å². The Labute approximate surface area is 113 Å². The summed E-state index contributed by atoms with van der Waals surface area (Å²) in [5, 5.41) is 5.36. The van der Waals surface area contributed by atoms with E-state index >= 15 is 0 Å². The monoisotopic (exact) mass is 276 g/mol. The van der Waals surface area contributed by atoms with Crippen LogP contribution in [-0.2, 0) is 23.1 Å². The Bertz CT molecular complexity index is 751. The molecule has 0 unspecified atom stereocenters. The SMILES string of the molecule is CN(C)S(=O)(=O)c1ccc2cc3c(cc2c1)CNC3. The maximum atomic E-state index is 12.1. The van der Waals surface area contributed by atoms with Gasteiger partial charge in [0.15, 0.2) is 0 Å². The highest BCUT2D eigenvalue weighted by Gasteiger charge is 2.18. The smallest absolute Gasteiger partial charge is 0.242 e. The van der Waals surface area contributed by atoms with E-state index in [4.69, 9.17) is 0 Å². The Kier molecular flexibility index (Phi) is 2.85. The third kappa shape index (κ3) is 2.04. The molecule has 3 rings (SSSR count). The molecule has 4 nitrogen and oxygen atoms in total. The average Bonchev–Trinajstić information content (AvgIpc) is 2.82. The van der Waals surface area contributed by atoms with Crippen LogP contribution in [0.1, 0.15) is 11.1 Å². The van der Waals surface area contributed by atoms with Crippen LogP contribution in [-0.4, -0.2) is 26.8 Å². The van der Waals surface area contributed by atoms with E-state index in [9.17, 15) is 8.42 Å². The molecular formula is C14H16N2O2S. The summed E-state index contributed by atoms with van der Waals surface area (Å²) >= 11 is 0. The van der Waals surface area contributed by atoms with Gasteiger partial charge in [-0.25, -0.2) is 12.7 Å². The van der Waals surface area contributed by atoms with E-state index in [2.05, 4.69) is 17.4 Å². The van der Waals surface area contributed by atoms with Crippen LogP contribution in [0, 0.1) is 0 Å². The molecule has 0 aliphatic carbocycles. The Morgan fingerprint density at radius 1 is 1.00 bits per heavy atom. The minimum atomic E-state index is -3.36. The second-order valence-corrected chi connectivity index (χ2v) is 7.17. The normalized spacial score (nSPS) is 15.1. The van der Waals surface area contributed by atoms with E-state index in [1.54, 1.807) is 26.2 Å². The first-order valence-electron chi connectivity index (χ1n) is 6.17. The lowest BCUT2D eigenvalue weighted by molar-refractivity contribution is 0.521. The van der Waals surface area contributed by atoms with Crippen molar-refractivity contribution in [1.82, 2.24) is 9.62 Å². The molecule has 0 bridgehead atoms. The van der Waals surface area contributed by atoms with Crippen molar-refractivity contribution in [3.63, 3.8) is 0 Å². The molecule has 0 atom stereocenters. The van der Waals surface area contributed by atoms with Crippen molar-refractivity contribution in [1.29, 1.82) is 0 Å². The molecule has 100 valence electrons. The topological polar surface area (TPSA) is 49.4 Å². The summed E-state index contributed by atoms with van der Waals surface area (Å²) in [5.41, 5.74) is 2.56. The molecule has 1 N–H and O–H groups in total. The van der Waals surface area contributed by atoms with E-state index in [1.165, 1.54) is 15.4 Å². The predicted molar refractivity (Wildman–Crippen MR) is 75.4 cm³/mol. The molecule has 0 saturated heterocycles. The molecule has 0 amide bonds. The maximum absolute atomic E-state index is 12.1. The Hall–Kier alpha value is -1.43. The van der Waals surface area contributed by atoms with E-state index in [0.717, 1.165) is 23.9 Å². The Morgan fingerprint density at radius 3 is 2.26 bits per heavy atom. The van der Waals surface area contributed by atoms with Gasteiger partial charge in [0.05, 0.1) is 4.90 Å². The van der Waals surface area contributed by atoms with Gasteiger partial charge in [-0.1, -0.05) is 6.07 Å². The van der Waals surface area contributed by atoms with Gasteiger partial charge in [-0.05, 0) is 46.2 Å². The lowest BCUT2D eigenvalue weighted by atomic mass is 10.0. The van der Waals surface area contributed by atoms with Gasteiger partial charge in [0.2, 0.25) is 10.0 Å². The van der Waals surface area contributed by atoms with Crippen LogP contribution in [0.15, 0.2) is 35.2 Å². The highest BCUT2D eigenvalue weighted by molar-refractivity contribution is 7.89. The van der Waals surface area contributed by atoms with Crippen molar-refractivity contribution >= 4 is 20.8 Å². The number of sulfonamides is 1. The fraction of sp³-hybridized carbons (Fsp3) is 0.286. The van der Waals surface area contributed by atoms with Gasteiger partial charge in [-0.15, -0.1) is 0 Å². The molecule has 5 heteroatoms. The zero-order valence-corrected chi connectivity index (χ0v) is 11.8. The van der Waals surface area contributed by atoms with Crippen LogP contribution >= 0.6 is 0 Å². The quantitative estimate of drug-likeness (QED) is 0.908. The molecule has 0 fully saturated rings. The first-order valence-corrected chi connectivity index (χ1v) is 7.61. The molecule has 0 spiro atoms. The molecule has 19 heavy (non-hydrogen) atoms. The molecule has 1 aliphatic heterocycles. The second kappa shape index (κ2) is 4.30. The first kappa shape index (κ1) is 12.6. The number of nitrogens with zero attached hydrogens (tertiary/aromatic N) is 1. The largest absolute Gasteiger partial charge is 0.309 e. The molecule has 0 radical (unpaired) electrons. The third-order valence-corrected chi connectivity index (χ3v) is 5.35. The summed E-state index contributed by atoms with van der Waals surface area (Å²) in [5.74, 6) is 0. The molecule has 1 aliphatic rings. The van der Waals surface area contributed by atoms with Gasteiger partial charge >= 0.3 is 0 Å². The van der Waals surface area contributed by atoms with Crippen LogP contribution in [0.2, 0.25) is 0 Å². The highest BCUT2D eigenvalue weighted by atomic mass is 32.2. The third-order valence-electron chi connectivity index (χ3n) is 3.54. The van der Waals surface area contributed by atoms with Gasteiger partial charge in [-0.3, -0.25) is 0 Å². The van der Waals surface area contributed by atoms with E-state index < -0.39 is 10.0 Å². The molecule has 1 heterocycles. The van der Waals surface area contributed by atoms with Gasteiger partial charge in [0, 0.05) is 27.2 Å². The first-order chi connectivity index (χ1) is 8.98. The standard InChI is InChI=1S/C14H16N2O2S/c1-16(2)19(17,18)14-4-3-10-5-12-8-15-9-13(12)6-11(10)7-14/h3-7,15H,8-9H2,1-2H3. The van der Waals surface area contributed by atoms with E-state index in [0.29, 0.717) is 4.90 Å². The van der Waals surface area contributed by atoms with E-state index in [1.807, 2.05) is 6.07 Å². The van der Waals surface area contributed by atoms with Gasteiger partial charge in [-0.2, -0.15) is 0 Å². The van der Waals surface area contributed by atoms with Crippen molar-refractivity contribution in [3.05, 3.63) is 41.5 Å². The minimum Gasteiger partial charge on any atom is -0.309 e. The Balaban J connectivity index is 2.19. The van der Waals surface area contributed by atoms with Crippen LogP contribution in [0.4, 0.5) is 0 Å². The lowest BCUT2D eigenvalue weighted by Gasteiger charge is -2.12. The van der Waals surface area contributed by atoms with Crippen LogP contribution in [0.5, 0.6) is 0 Å². The van der Waals surface area contributed by atoms with Gasteiger partial charge in [0.1, 0.15) is 0 Å². The summed E-state index contributed by atoms with van der Waals surface area (Å²) in [7, 11) is -0.269. The average molecular weight is 276 g/mol. The molecule has 0 saturated carbocycles. The van der Waals surface area contributed by atoms with Crippen molar-refractivity contribution < 1.29 is 8.42 Å². The van der Waals surface area contributed by atoms with Gasteiger partial charge in [0.25, 0.3) is 0 Å². The Morgan fingerprint density at radius 2 is 1.63 bits per heavy atom. The predicted octanol–water partition coefficient (Wildman–Crippen LogP) is 1.69. The number of nitrogens with one attached hydrogen (secondary N) is 1. The van der Waals surface area contributed by atoms with Crippen molar-refractivity contribution in [2.24, 2.45) is 0 Å². The fourth-order valence-electron chi connectivity index (χ4n) is 2.40. The highest BCUT2D eigenvalue weighted by Crippen LogP contribution is 2.26. The second-order valence-electron chi connectivity index (χ2n) is 5.02. The van der Waals surface area contributed by atoms with Crippen molar-refractivity contribution in [2.45, 2.75) is 18.0 Å². The van der Waals surface area contributed by atoms with Crippen molar-refractivity contribution in [3.8, 4) is 0 Å². The van der Waals surface area contributed by atoms with Gasteiger partial charge < -0.3 is 5.32 Å². The maximum Gasteiger partial charge on any atom is 0.242 e. The van der Waals surface area contributed by atoms with E-state index in [-0.39, 0.29) is 0 Å². The molecule has 2 aromatic carbocycles. The van der Waals surface area contributed by atoms with Crippen LogP contribution in [0.25, 0.3) is 10.8 Å². The zero-order chi connectivity index (χ0) is 13.6. The number of rotatable bonds is 2. The fourth-order valence-corrected chi connectivity index (χ4v) is 3.34. The lowest BCUT2D eigenvalue weighted by Crippen LogP contribution is -2.22. The van der Waals surface area contributed by atoms with Crippen LogP contribution < -0.4 is 5.32 Å². The van der Waals surface area contributed by atoms with Crippen LogP contribution in [0.3, 0.4) is 0 Å². The molecular weight excluding hydrogens is 260 g/mol. The molecule has 2 aromatic rings. The summed E-state index contributed by atoms with van der Waals surface area (Å²) in [6.07, 6.45) is 0. The number of hydrogen-bond acceptors (Lipinski definition) is 3. The number of benzene rings is 2. The minimum absolute atomic E-state index is 0.343. The summed E-state index contributed by atoms with van der Waals surface area (Å²) in [4.78, 5) is 0.343. The summed E-state index contributed by atoms with van der Waals surface area (Å²) in [6.45, 7) is 1.75. The number of fused-ring (bicyclic) bond motifs is 2. The molecule has 0 aromatic heterocycles. The zero-order valence-electron chi connectivity index (χ0n) is 11.0. The summed E-state index contributed by atoms with van der Waals surface area (Å²) < 4.78 is 25.5.